The van der Waals surface area contributed by atoms with Gasteiger partial charge in [-0.15, -0.1) is 0 Å². The van der Waals surface area contributed by atoms with Crippen LogP contribution in [-0.4, -0.2) is 5.97 Å². The number of nitriles is 1. The fraction of sp³-hybridized carbons (Fsp3) is 0. The van der Waals surface area contributed by atoms with E-state index in [1.165, 1.54) is 0 Å². The van der Waals surface area contributed by atoms with E-state index in [9.17, 15) is 4.79 Å². The summed E-state index contributed by atoms with van der Waals surface area (Å²) in [6.45, 7) is 0. The first-order valence-electron chi connectivity index (χ1n) is 5.92. The molecule has 0 bridgehead atoms. The van der Waals surface area contributed by atoms with Gasteiger partial charge in [-0.1, -0.05) is 41.9 Å². The van der Waals surface area contributed by atoms with Gasteiger partial charge in [-0.2, -0.15) is 5.26 Å². The normalized spacial score (nSPS) is 15.3. The molecule has 0 amide bonds. The third-order valence-corrected chi connectivity index (χ3v) is 3.46. The summed E-state index contributed by atoms with van der Waals surface area (Å²) in [5.41, 5.74) is 2.26. The number of fused-ring (bicyclic) bond motifs is 1. The Labute approximate surface area is 120 Å². The summed E-state index contributed by atoms with van der Waals surface area (Å²) in [7, 11) is 0. The van der Waals surface area contributed by atoms with Crippen LogP contribution in [0.5, 0.6) is 5.75 Å². The number of esters is 1. The number of ether oxygens (including phenoxy) is 1. The summed E-state index contributed by atoms with van der Waals surface area (Å²) < 4.78 is 5.17. The van der Waals surface area contributed by atoms with Crippen molar-refractivity contribution in [2.45, 2.75) is 0 Å². The molecule has 0 saturated carbocycles. The minimum atomic E-state index is -0.458. The highest BCUT2D eigenvalue weighted by Gasteiger charge is 2.29. The molecule has 96 valence electrons. The van der Waals surface area contributed by atoms with Crippen LogP contribution in [0.15, 0.2) is 48.5 Å². The molecule has 0 unspecified atom stereocenters. The molecule has 3 rings (SSSR count). The molecule has 1 aliphatic rings. The van der Waals surface area contributed by atoms with Crippen molar-refractivity contribution in [3.8, 4) is 11.8 Å². The van der Waals surface area contributed by atoms with Crippen molar-refractivity contribution >= 4 is 28.2 Å². The molecule has 2 aromatic rings. The fourth-order valence-electron chi connectivity index (χ4n) is 2.07. The molecule has 0 aromatic heterocycles. The molecule has 20 heavy (non-hydrogen) atoms. The smallest absolute Gasteiger partial charge is 0.345 e. The van der Waals surface area contributed by atoms with Gasteiger partial charge in [0.2, 0.25) is 0 Å². The number of hydrogen-bond donors (Lipinski definition) is 0. The first kappa shape index (κ1) is 12.5. The molecule has 0 saturated heterocycles. The predicted molar refractivity (Wildman–Crippen MR) is 75.9 cm³/mol. The number of rotatable bonds is 1. The topological polar surface area (TPSA) is 50.1 Å². The molecule has 0 N–H and O–H groups in total. The van der Waals surface area contributed by atoms with Crippen molar-refractivity contribution in [3.63, 3.8) is 0 Å². The van der Waals surface area contributed by atoms with E-state index in [1.807, 2.05) is 12.1 Å². The first-order valence-corrected chi connectivity index (χ1v) is 6.30. The van der Waals surface area contributed by atoms with Crippen LogP contribution in [0.1, 0.15) is 16.7 Å². The van der Waals surface area contributed by atoms with E-state index in [1.54, 1.807) is 42.5 Å². The lowest BCUT2D eigenvalue weighted by Crippen LogP contribution is -2.01. The molecule has 3 nitrogen and oxygen atoms in total. The van der Waals surface area contributed by atoms with E-state index in [0.29, 0.717) is 33.0 Å². The van der Waals surface area contributed by atoms with Gasteiger partial charge in [-0.05, 0) is 23.8 Å². The highest BCUT2D eigenvalue weighted by atomic mass is 35.5. The average molecular weight is 282 g/mol. The SMILES string of the molecule is N#Cc1ccc(/C(Cl)=C2\C(=O)Oc3ccccc32)cc1. The molecule has 0 spiro atoms. The number of halogens is 1. The minimum Gasteiger partial charge on any atom is -0.422 e. The van der Waals surface area contributed by atoms with Gasteiger partial charge < -0.3 is 4.74 Å². The zero-order valence-electron chi connectivity index (χ0n) is 10.3. The van der Waals surface area contributed by atoms with Crippen LogP contribution in [0.3, 0.4) is 0 Å². The number of para-hydroxylation sites is 1. The maximum atomic E-state index is 12.0. The molecule has 0 fully saturated rings. The van der Waals surface area contributed by atoms with Crippen molar-refractivity contribution in [2.24, 2.45) is 0 Å². The van der Waals surface area contributed by atoms with Gasteiger partial charge in [-0.3, -0.25) is 0 Å². The average Bonchev–Trinajstić information content (AvgIpc) is 2.82. The Morgan fingerprint density at radius 1 is 1.10 bits per heavy atom. The lowest BCUT2D eigenvalue weighted by Gasteiger charge is -2.03. The van der Waals surface area contributed by atoms with E-state index in [0.717, 1.165) is 0 Å². The maximum absolute atomic E-state index is 12.0. The van der Waals surface area contributed by atoms with Gasteiger partial charge in [0.1, 0.15) is 5.75 Å². The van der Waals surface area contributed by atoms with Gasteiger partial charge in [-0.25, -0.2) is 4.79 Å². The van der Waals surface area contributed by atoms with Crippen LogP contribution in [0, 0.1) is 11.3 Å². The van der Waals surface area contributed by atoms with E-state index >= 15 is 0 Å². The van der Waals surface area contributed by atoms with E-state index in [-0.39, 0.29) is 0 Å². The molecule has 0 aliphatic carbocycles. The van der Waals surface area contributed by atoms with Crippen LogP contribution in [0.2, 0.25) is 0 Å². The van der Waals surface area contributed by atoms with Crippen LogP contribution in [-0.2, 0) is 4.79 Å². The molecular formula is C16H8ClNO2. The summed E-state index contributed by atoms with van der Waals surface area (Å²) >= 11 is 6.33. The monoisotopic (exact) mass is 281 g/mol. The van der Waals surface area contributed by atoms with Crippen molar-refractivity contribution < 1.29 is 9.53 Å². The van der Waals surface area contributed by atoms with Gasteiger partial charge in [0, 0.05) is 5.56 Å². The molecule has 4 heteroatoms. The maximum Gasteiger partial charge on any atom is 0.345 e. The Kier molecular flexibility index (Phi) is 3.02. The van der Waals surface area contributed by atoms with E-state index in [2.05, 4.69) is 0 Å². The zero-order valence-corrected chi connectivity index (χ0v) is 11.0. The molecule has 2 aromatic carbocycles. The van der Waals surface area contributed by atoms with Crippen molar-refractivity contribution in [1.29, 1.82) is 5.26 Å². The quantitative estimate of drug-likeness (QED) is 0.456. The second-order valence-electron chi connectivity index (χ2n) is 4.26. The predicted octanol–water partition coefficient (Wildman–Crippen LogP) is 3.58. The van der Waals surface area contributed by atoms with Crippen molar-refractivity contribution in [1.82, 2.24) is 0 Å². The second-order valence-corrected chi connectivity index (χ2v) is 4.64. The lowest BCUT2D eigenvalue weighted by molar-refractivity contribution is -0.126. The summed E-state index contributed by atoms with van der Waals surface area (Å²) in [4.78, 5) is 12.0. The van der Waals surface area contributed by atoms with E-state index in [4.69, 9.17) is 21.6 Å². The first-order chi connectivity index (χ1) is 9.70. The summed E-state index contributed by atoms with van der Waals surface area (Å²) in [5, 5.41) is 9.11. The third kappa shape index (κ3) is 1.97. The summed E-state index contributed by atoms with van der Waals surface area (Å²) in [5.74, 6) is 0.0554. The van der Waals surface area contributed by atoms with Gasteiger partial charge in [0.15, 0.2) is 0 Å². The highest BCUT2D eigenvalue weighted by Crippen LogP contribution is 2.39. The number of carbonyl (C=O) groups is 1. The highest BCUT2D eigenvalue weighted by molar-refractivity contribution is 6.57. The van der Waals surface area contributed by atoms with E-state index < -0.39 is 5.97 Å². The summed E-state index contributed by atoms with van der Waals surface area (Å²) in [6.07, 6.45) is 0. The minimum absolute atomic E-state index is 0.324. The second kappa shape index (κ2) is 4.84. The van der Waals surface area contributed by atoms with Gasteiger partial charge in [0.25, 0.3) is 0 Å². The van der Waals surface area contributed by atoms with Crippen LogP contribution in [0.25, 0.3) is 10.6 Å². The van der Waals surface area contributed by atoms with Crippen molar-refractivity contribution in [3.05, 3.63) is 65.2 Å². The Balaban J connectivity index is 2.14. The fourth-order valence-corrected chi connectivity index (χ4v) is 2.37. The molecule has 1 heterocycles. The number of hydrogen-bond acceptors (Lipinski definition) is 3. The van der Waals surface area contributed by atoms with Crippen LogP contribution >= 0.6 is 11.6 Å². The number of carbonyl (C=O) groups excluding carboxylic acids is 1. The Morgan fingerprint density at radius 2 is 1.80 bits per heavy atom. The lowest BCUT2D eigenvalue weighted by atomic mass is 10.0. The molecule has 1 aliphatic heterocycles. The van der Waals surface area contributed by atoms with Gasteiger partial charge in [0.05, 0.1) is 22.2 Å². The Hall–Kier alpha value is -2.57. The molecular weight excluding hydrogens is 274 g/mol. The Bertz CT molecular complexity index is 770. The number of nitrogens with zero attached hydrogens (tertiary/aromatic N) is 1. The zero-order chi connectivity index (χ0) is 14.1. The van der Waals surface area contributed by atoms with Crippen LogP contribution < -0.4 is 4.74 Å². The summed E-state index contributed by atoms with van der Waals surface area (Å²) in [6, 6.07) is 15.9. The van der Waals surface area contributed by atoms with Gasteiger partial charge >= 0.3 is 5.97 Å². The number of benzene rings is 2. The molecule has 0 radical (unpaired) electrons. The standard InChI is InChI=1S/C16H8ClNO2/c17-15(11-7-5-10(9-18)6-8-11)14-12-3-1-2-4-13(12)20-16(14)19/h1-8H/b15-14+. The molecule has 0 atom stereocenters. The largest absolute Gasteiger partial charge is 0.422 e. The third-order valence-electron chi connectivity index (χ3n) is 3.05. The van der Waals surface area contributed by atoms with Crippen molar-refractivity contribution in [2.75, 3.05) is 0 Å². The Morgan fingerprint density at radius 3 is 2.50 bits per heavy atom. The van der Waals surface area contributed by atoms with Crippen LogP contribution in [0.4, 0.5) is 0 Å².